The second-order valence-corrected chi connectivity index (χ2v) is 3.73. The summed E-state index contributed by atoms with van der Waals surface area (Å²) in [5, 5.41) is 17.0. The van der Waals surface area contributed by atoms with E-state index in [0.29, 0.717) is 11.5 Å². The van der Waals surface area contributed by atoms with Gasteiger partial charge in [0.05, 0.1) is 4.92 Å². The average Bonchev–Trinajstić information content (AvgIpc) is 2.28. The first kappa shape index (κ1) is 13.4. The highest BCUT2D eigenvalue weighted by Crippen LogP contribution is 2.17. The van der Waals surface area contributed by atoms with Crippen LogP contribution in [0.25, 0.3) is 0 Å². The summed E-state index contributed by atoms with van der Waals surface area (Å²) in [4.78, 5) is 14.3. The van der Waals surface area contributed by atoms with Gasteiger partial charge in [0.2, 0.25) is 0 Å². The molecule has 6 nitrogen and oxygen atoms in total. The second-order valence-electron chi connectivity index (χ2n) is 3.73. The van der Waals surface area contributed by atoms with Gasteiger partial charge in [0, 0.05) is 19.2 Å². The Hall–Kier alpha value is -1.69. The summed E-state index contributed by atoms with van der Waals surface area (Å²) in [6.07, 6.45) is 1.11. The molecule has 0 spiro atoms. The SMILES string of the molecule is CCCNCCNc1ccc([N+](=O)[O-])c(C)n1. The van der Waals surface area contributed by atoms with Crippen LogP contribution in [0.2, 0.25) is 0 Å². The number of hydrogen-bond donors (Lipinski definition) is 2. The third kappa shape index (κ3) is 4.36. The highest BCUT2D eigenvalue weighted by molar-refractivity contribution is 5.44. The van der Waals surface area contributed by atoms with Crippen molar-refractivity contribution in [1.29, 1.82) is 0 Å². The van der Waals surface area contributed by atoms with Gasteiger partial charge in [0.25, 0.3) is 5.69 Å². The van der Waals surface area contributed by atoms with E-state index in [4.69, 9.17) is 0 Å². The highest BCUT2D eigenvalue weighted by atomic mass is 16.6. The fraction of sp³-hybridized carbons (Fsp3) is 0.545. The van der Waals surface area contributed by atoms with E-state index in [1.807, 2.05) is 0 Å². The standard InChI is InChI=1S/C11H18N4O2/c1-3-6-12-7-8-13-11-5-4-10(15(16)17)9(2)14-11/h4-5,12H,3,6-8H2,1-2H3,(H,13,14). The van der Waals surface area contributed by atoms with Crippen molar-refractivity contribution in [2.75, 3.05) is 25.0 Å². The van der Waals surface area contributed by atoms with Crippen molar-refractivity contribution in [3.63, 3.8) is 0 Å². The molecule has 0 atom stereocenters. The lowest BCUT2D eigenvalue weighted by atomic mass is 10.3. The van der Waals surface area contributed by atoms with Gasteiger partial charge in [0.15, 0.2) is 0 Å². The number of rotatable bonds is 7. The molecule has 1 aromatic rings. The Morgan fingerprint density at radius 2 is 2.12 bits per heavy atom. The van der Waals surface area contributed by atoms with Crippen LogP contribution in [0.1, 0.15) is 19.0 Å². The zero-order valence-electron chi connectivity index (χ0n) is 10.2. The van der Waals surface area contributed by atoms with Crippen molar-refractivity contribution < 1.29 is 4.92 Å². The van der Waals surface area contributed by atoms with Gasteiger partial charge in [-0.15, -0.1) is 0 Å². The number of aromatic nitrogens is 1. The smallest absolute Gasteiger partial charge is 0.290 e. The van der Waals surface area contributed by atoms with Crippen LogP contribution in [0, 0.1) is 17.0 Å². The molecule has 6 heteroatoms. The Bertz CT molecular complexity index is 382. The van der Waals surface area contributed by atoms with Crippen molar-refractivity contribution in [1.82, 2.24) is 10.3 Å². The lowest BCUT2D eigenvalue weighted by Gasteiger charge is -2.07. The summed E-state index contributed by atoms with van der Waals surface area (Å²) in [6.45, 7) is 6.35. The zero-order chi connectivity index (χ0) is 12.7. The molecule has 0 aliphatic heterocycles. The molecule has 1 heterocycles. The van der Waals surface area contributed by atoms with Crippen LogP contribution in [-0.2, 0) is 0 Å². The van der Waals surface area contributed by atoms with Crippen molar-refractivity contribution in [2.45, 2.75) is 20.3 Å². The van der Waals surface area contributed by atoms with Crippen LogP contribution in [0.5, 0.6) is 0 Å². The molecule has 94 valence electrons. The van der Waals surface area contributed by atoms with E-state index in [9.17, 15) is 10.1 Å². The maximum Gasteiger partial charge on any atom is 0.290 e. The fourth-order valence-corrected chi connectivity index (χ4v) is 1.43. The van der Waals surface area contributed by atoms with Crippen molar-refractivity contribution in [3.05, 3.63) is 27.9 Å². The van der Waals surface area contributed by atoms with E-state index < -0.39 is 4.92 Å². The largest absolute Gasteiger partial charge is 0.369 e. The Morgan fingerprint density at radius 3 is 2.71 bits per heavy atom. The maximum absolute atomic E-state index is 10.6. The fourth-order valence-electron chi connectivity index (χ4n) is 1.43. The van der Waals surface area contributed by atoms with Gasteiger partial charge < -0.3 is 10.6 Å². The summed E-state index contributed by atoms with van der Waals surface area (Å²) in [7, 11) is 0. The topological polar surface area (TPSA) is 80.1 Å². The van der Waals surface area contributed by atoms with E-state index >= 15 is 0 Å². The van der Waals surface area contributed by atoms with E-state index in [1.165, 1.54) is 6.07 Å². The second kappa shape index (κ2) is 6.80. The highest BCUT2D eigenvalue weighted by Gasteiger charge is 2.11. The number of pyridine rings is 1. The lowest BCUT2D eigenvalue weighted by Crippen LogP contribution is -2.23. The zero-order valence-corrected chi connectivity index (χ0v) is 10.2. The Kier molecular flexibility index (Phi) is 5.35. The summed E-state index contributed by atoms with van der Waals surface area (Å²) in [6, 6.07) is 3.11. The first-order valence-corrected chi connectivity index (χ1v) is 5.71. The third-order valence-corrected chi connectivity index (χ3v) is 2.29. The number of aryl methyl sites for hydroxylation is 1. The molecule has 1 aromatic heterocycles. The molecule has 0 amide bonds. The van der Waals surface area contributed by atoms with Crippen molar-refractivity contribution >= 4 is 11.5 Å². The summed E-state index contributed by atoms with van der Waals surface area (Å²) >= 11 is 0. The van der Waals surface area contributed by atoms with Gasteiger partial charge in [-0.3, -0.25) is 10.1 Å². The van der Waals surface area contributed by atoms with Crippen molar-refractivity contribution in [3.8, 4) is 0 Å². The molecule has 0 aliphatic carbocycles. The van der Waals surface area contributed by atoms with Crippen LogP contribution in [0.3, 0.4) is 0 Å². The minimum absolute atomic E-state index is 0.0552. The molecular weight excluding hydrogens is 220 g/mol. The summed E-state index contributed by atoms with van der Waals surface area (Å²) in [5.74, 6) is 0.673. The average molecular weight is 238 g/mol. The lowest BCUT2D eigenvalue weighted by molar-refractivity contribution is -0.385. The summed E-state index contributed by atoms with van der Waals surface area (Å²) < 4.78 is 0. The molecule has 0 saturated heterocycles. The van der Waals surface area contributed by atoms with E-state index in [-0.39, 0.29) is 5.69 Å². The predicted molar refractivity (Wildman–Crippen MR) is 67.3 cm³/mol. The Labute approximate surface area is 101 Å². The van der Waals surface area contributed by atoms with Gasteiger partial charge in [-0.25, -0.2) is 4.98 Å². The molecule has 0 saturated carbocycles. The minimum Gasteiger partial charge on any atom is -0.369 e. The molecule has 0 fully saturated rings. The Balaban J connectivity index is 2.45. The number of nitrogens with one attached hydrogen (secondary N) is 2. The number of nitrogens with zero attached hydrogens (tertiary/aromatic N) is 2. The number of nitro groups is 1. The van der Waals surface area contributed by atoms with Crippen LogP contribution >= 0.6 is 0 Å². The molecule has 0 aliphatic rings. The number of anilines is 1. The monoisotopic (exact) mass is 238 g/mol. The summed E-state index contributed by atoms with van der Waals surface area (Å²) in [5.41, 5.74) is 0.487. The van der Waals surface area contributed by atoms with Crippen LogP contribution in [0.4, 0.5) is 11.5 Å². The van der Waals surface area contributed by atoms with E-state index in [1.54, 1.807) is 13.0 Å². The van der Waals surface area contributed by atoms with Gasteiger partial charge in [-0.1, -0.05) is 6.92 Å². The first-order chi connectivity index (χ1) is 8.15. The maximum atomic E-state index is 10.6. The van der Waals surface area contributed by atoms with Gasteiger partial charge >= 0.3 is 0 Å². The van der Waals surface area contributed by atoms with Crippen LogP contribution < -0.4 is 10.6 Å². The molecule has 0 unspecified atom stereocenters. The molecule has 0 radical (unpaired) electrons. The molecule has 1 rings (SSSR count). The Morgan fingerprint density at radius 1 is 1.35 bits per heavy atom. The van der Waals surface area contributed by atoms with Gasteiger partial charge in [-0.05, 0) is 26.0 Å². The molecule has 0 aromatic carbocycles. The molecular formula is C11H18N4O2. The van der Waals surface area contributed by atoms with Gasteiger partial charge in [-0.2, -0.15) is 0 Å². The van der Waals surface area contributed by atoms with Crippen molar-refractivity contribution in [2.24, 2.45) is 0 Å². The molecule has 0 bridgehead atoms. The van der Waals surface area contributed by atoms with E-state index in [0.717, 1.165) is 26.1 Å². The minimum atomic E-state index is -0.422. The number of hydrogen-bond acceptors (Lipinski definition) is 5. The van der Waals surface area contributed by atoms with Crippen LogP contribution in [-0.4, -0.2) is 29.5 Å². The molecule has 2 N–H and O–H groups in total. The normalized spacial score (nSPS) is 10.2. The molecule has 17 heavy (non-hydrogen) atoms. The third-order valence-electron chi connectivity index (χ3n) is 2.29. The van der Waals surface area contributed by atoms with Gasteiger partial charge in [0.1, 0.15) is 11.5 Å². The quantitative estimate of drug-likeness (QED) is 0.429. The predicted octanol–water partition coefficient (Wildman–Crippen LogP) is 1.71. The van der Waals surface area contributed by atoms with Crippen LogP contribution in [0.15, 0.2) is 12.1 Å². The van der Waals surface area contributed by atoms with E-state index in [2.05, 4.69) is 22.5 Å². The first-order valence-electron chi connectivity index (χ1n) is 5.71.